The van der Waals surface area contributed by atoms with Crippen LogP contribution in [-0.4, -0.2) is 31.1 Å². The van der Waals surface area contributed by atoms with Crippen LogP contribution in [-0.2, 0) is 0 Å². The highest BCUT2D eigenvalue weighted by molar-refractivity contribution is 6.06. The van der Waals surface area contributed by atoms with Crippen LogP contribution in [0.4, 0.5) is 11.4 Å². The van der Waals surface area contributed by atoms with Crippen molar-refractivity contribution in [1.29, 1.82) is 0 Å². The van der Waals surface area contributed by atoms with E-state index in [9.17, 15) is 4.79 Å². The lowest BCUT2D eigenvalue weighted by Crippen LogP contribution is -2.32. The third-order valence-electron chi connectivity index (χ3n) is 3.45. The molecule has 0 saturated heterocycles. The van der Waals surface area contributed by atoms with Gasteiger partial charge in [0, 0.05) is 25.5 Å². The number of hydrogen-bond acceptors (Lipinski definition) is 4. The molecule has 5 heteroatoms. The normalized spacial score (nSPS) is 13.9. The van der Waals surface area contributed by atoms with E-state index in [2.05, 4.69) is 10.3 Å². The molecule has 2 heterocycles. The molecule has 2 aromatic rings. The second kappa shape index (κ2) is 5.83. The number of para-hydroxylation sites is 2. The molecule has 0 unspecified atom stereocenters. The number of carbonyl (C=O) groups is 1. The molecule has 108 valence electrons. The Morgan fingerprint density at radius 2 is 2.19 bits per heavy atom. The summed E-state index contributed by atoms with van der Waals surface area (Å²) in [6.07, 6.45) is 2.44. The summed E-state index contributed by atoms with van der Waals surface area (Å²) in [5.74, 6) is 0.637. The molecule has 1 aromatic carbocycles. The second-order valence-electron chi connectivity index (χ2n) is 4.81. The Morgan fingerprint density at radius 3 is 3.05 bits per heavy atom. The molecule has 0 radical (unpaired) electrons. The summed E-state index contributed by atoms with van der Waals surface area (Å²) in [7, 11) is 1.82. The Morgan fingerprint density at radius 1 is 1.33 bits per heavy atom. The first-order valence-corrected chi connectivity index (χ1v) is 6.97. The zero-order valence-corrected chi connectivity index (χ0v) is 11.9. The van der Waals surface area contributed by atoms with Crippen LogP contribution < -0.4 is 15.0 Å². The fraction of sp³-hybridized carbons (Fsp3) is 0.250. The van der Waals surface area contributed by atoms with E-state index < -0.39 is 0 Å². The van der Waals surface area contributed by atoms with Crippen molar-refractivity contribution in [3.63, 3.8) is 0 Å². The topological polar surface area (TPSA) is 54.5 Å². The van der Waals surface area contributed by atoms with E-state index in [1.54, 1.807) is 17.2 Å². The largest absolute Gasteiger partial charge is 0.491 e. The van der Waals surface area contributed by atoms with Crippen molar-refractivity contribution in [2.24, 2.45) is 0 Å². The average Bonchev–Trinajstić information content (AvgIpc) is 2.76. The fourth-order valence-corrected chi connectivity index (χ4v) is 2.38. The van der Waals surface area contributed by atoms with Crippen molar-refractivity contribution in [1.82, 2.24) is 4.98 Å². The van der Waals surface area contributed by atoms with Crippen molar-refractivity contribution in [3.8, 4) is 5.75 Å². The lowest BCUT2D eigenvalue weighted by atomic mass is 10.2. The minimum Gasteiger partial charge on any atom is -0.491 e. The molecule has 0 spiro atoms. The Labute approximate surface area is 123 Å². The third-order valence-corrected chi connectivity index (χ3v) is 3.45. The standard InChI is InChI=1S/C16H17N3O2/c1-17-12-7-8-18-13(11-12)16(20)19-9-4-10-21-15-6-3-2-5-14(15)19/h2-3,5-8,11H,4,9-10H2,1H3,(H,17,18). The van der Waals surface area contributed by atoms with Gasteiger partial charge in [0.2, 0.25) is 0 Å². The van der Waals surface area contributed by atoms with Gasteiger partial charge in [-0.3, -0.25) is 9.78 Å². The van der Waals surface area contributed by atoms with Crippen LogP contribution in [0, 0.1) is 0 Å². The summed E-state index contributed by atoms with van der Waals surface area (Å²) in [5.41, 5.74) is 2.10. The van der Waals surface area contributed by atoms with Gasteiger partial charge < -0.3 is 15.0 Å². The Bertz CT molecular complexity index is 657. The molecule has 1 amide bonds. The van der Waals surface area contributed by atoms with Crippen LogP contribution >= 0.6 is 0 Å². The number of nitrogens with zero attached hydrogens (tertiary/aromatic N) is 2. The molecular weight excluding hydrogens is 266 g/mol. The Kier molecular flexibility index (Phi) is 3.73. The number of ether oxygens (including phenoxy) is 1. The van der Waals surface area contributed by atoms with E-state index in [-0.39, 0.29) is 5.91 Å². The number of aromatic nitrogens is 1. The van der Waals surface area contributed by atoms with Crippen LogP contribution in [0.2, 0.25) is 0 Å². The number of benzene rings is 1. The Hall–Kier alpha value is -2.56. The van der Waals surface area contributed by atoms with Crippen LogP contribution in [0.3, 0.4) is 0 Å². The first-order valence-electron chi connectivity index (χ1n) is 6.97. The summed E-state index contributed by atoms with van der Waals surface area (Å²) in [6, 6.07) is 11.2. The van der Waals surface area contributed by atoms with E-state index in [1.807, 2.05) is 37.4 Å². The maximum Gasteiger partial charge on any atom is 0.277 e. The van der Waals surface area contributed by atoms with Gasteiger partial charge in [0.1, 0.15) is 11.4 Å². The van der Waals surface area contributed by atoms with Crippen LogP contribution in [0.5, 0.6) is 5.75 Å². The van der Waals surface area contributed by atoms with Gasteiger partial charge >= 0.3 is 0 Å². The number of hydrogen-bond donors (Lipinski definition) is 1. The number of fused-ring (bicyclic) bond motifs is 1. The van der Waals surface area contributed by atoms with E-state index in [4.69, 9.17) is 4.74 Å². The van der Waals surface area contributed by atoms with Gasteiger partial charge in [-0.2, -0.15) is 0 Å². The van der Waals surface area contributed by atoms with Gasteiger partial charge in [-0.1, -0.05) is 12.1 Å². The van der Waals surface area contributed by atoms with Gasteiger partial charge in [-0.15, -0.1) is 0 Å². The molecule has 0 bridgehead atoms. The maximum atomic E-state index is 12.8. The molecule has 5 nitrogen and oxygen atoms in total. The number of nitrogens with one attached hydrogen (secondary N) is 1. The minimum atomic E-state index is -0.106. The summed E-state index contributed by atoms with van der Waals surface area (Å²) < 4.78 is 5.68. The van der Waals surface area contributed by atoms with Crippen molar-refractivity contribution in [2.45, 2.75) is 6.42 Å². The summed E-state index contributed by atoms with van der Waals surface area (Å²) in [6.45, 7) is 1.24. The second-order valence-corrected chi connectivity index (χ2v) is 4.81. The van der Waals surface area contributed by atoms with E-state index in [1.165, 1.54) is 0 Å². The number of rotatable bonds is 2. The van der Waals surface area contributed by atoms with Crippen LogP contribution in [0.1, 0.15) is 16.9 Å². The molecule has 1 aliphatic heterocycles. The van der Waals surface area contributed by atoms with E-state index >= 15 is 0 Å². The van der Waals surface area contributed by atoms with Crippen molar-refractivity contribution in [3.05, 3.63) is 48.3 Å². The van der Waals surface area contributed by atoms with Crippen molar-refractivity contribution < 1.29 is 9.53 Å². The van der Waals surface area contributed by atoms with Gasteiger partial charge in [0.15, 0.2) is 0 Å². The van der Waals surface area contributed by atoms with Crippen molar-refractivity contribution in [2.75, 3.05) is 30.4 Å². The molecule has 3 rings (SSSR count). The van der Waals surface area contributed by atoms with Gasteiger partial charge in [0.05, 0.1) is 12.3 Å². The molecule has 1 N–H and O–H groups in total. The maximum absolute atomic E-state index is 12.8. The van der Waals surface area contributed by atoms with Gasteiger partial charge in [0.25, 0.3) is 5.91 Å². The summed E-state index contributed by atoms with van der Waals surface area (Å²) >= 11 is 0. The molecule has 21 heavy (non-hydrogen) atoms. The van der Waals surface area contributed by atoms with Crippen molar-refractivity contribution >= 4 is 17.3 Å². The molecule has 0 saturated carbocycles. The van der Waals surface area contributed by atoms with Gasteiger partial charge in [-0.05, 0) is 30.7 Å². The monoisotopic (exact) mass is 283 g/mol. The first-order chi connectivity index (χ1) is 10.3. The van der Waals surface area contributed by atoms with Gasteiger partial charge in [-0.25, -0.2) is 0 Å². The van der Waals surface area contributed by atoms with Crippen LogP contribution in [0.15, 0.2) is 42.6 Å². The fourth-order valence-electron chi connectivity index (χ4n) is 2.38. The number of amides is 1. The molecule has 0 aliphatic carbocycles. The number of anilines is 2. The average molecular weight is 283 g/mol. The molecule has 1 aliphatic rings. The summed E-state index contributed by atoms with van der Waals surface area (Å²) in [4.78, 5) is 18.7. The van der Waals surface area contributed by atoms with E-state index in [0.717, 1.165) is 23.5 Å². The highest BCUT2D eigenvalue weighted by atomic mass is 16.5. The smallest absolute Gasteiger partial charge is 0.277 e. The van der Waals surface area contributed by atoms with E-state index in [0.29, 0.717) is 18.8 Å². The number of pyridine rings is 1. The minimum absolute atomic E-state index is 0.106. The molecular formula is C16H17N3O2. The highest BCUT2D eigenvalue weighted by Crippen LogP contribution is 2.31. The number of carbonyl (C=O) groups excluding carboxylic acids is 1. The quantitative estimate of drug-likeness (QED) is 0.920. The SMILES string of the molecule is CNc1ccnc(C(=O)N2CCCOc3ccccc32)c1. The lowest BCUT2D eigenvalue weighted by Gasteiger charge is -2.21. The molecule has 0 fully saturated rings. The first kappa shape index (κ1) is 13.4. The van der Waals surface area contributed by atoms with Crippen LogP contribution in [0.25, 0.3) is 0 Å². The zero-order valence-electron chi connectivity index (χ0n) is 11.9. The summed E-state index contributed by atoms with van der Waals surface area (Å²) in [5, 5.41) is 3.02. The molecule has 0 atom stereocenters. The highest BCUT2D eigenvalue weighted by Gasteiger charge is 2.23. The predicted molar refractivity (Wildman–Crippen MR) is 82.0 cm³/mol. The third kappa shape index (κ3) is 2.67. The lowest BCUT2D eigenvalue weighted by molar-refractivity contribution is 0.0982. The zero-order chi connectivity index (χ0) is 14.7. The molecule has 1 aromatic heterocycles. The predicted octanol–water partition coefficient (Wildman–Crippen LogP) is 2.55. The Balaban J connectivity index is 1.97.